The molecule has 31 heavy (non-hydrogen) atoms. The van der Waals surface area contributed by atoms with Crippen molar-refractivity contribution in [2.45, 2.75) is 109 Å². The van der Waals surface area contributed by atoms with Crippen molar-refractivity contribution in [3.05, 3.63) is 11.6 Å². The van der Waals surface area contributed by atoms with Crippen LogP contribution in [0.1, 0.15) is 96.8 Å². The van der Waals surface area contributed by atoms with E-state index in [2.05, 4.69) is 24.8 Å². The van der Waals surface area contributed by atoms with Gasteiger partial charge in [0.15, 0.2) is 0 Å². The minimum absolute atomic E-state index is 0.0437. The first-order chi connectivity index (χ1) is 15.0. The van der Waals surface area contributed by atoms with E-state index in [0.717, 1.165) is 38.5 Å². The summed E-state index contributed by atoms with van der Waals surface area (Å²) in [4.78, 5) is 10.8. The third-order valence-electron chi connectivity index (χ3n) is 7.93. The van der Waals surface area contributed by atoms with E-state index in [4.69, 9.17) is 5.11 Å². The SMILES string of the molecule is CCCCC1C(=CCCCC(=O)O)[C@H]2CC[C@@H](O)[C@H](C#CC(O)CC3CCCCC3)[C@@H]12. The highest BCUT2D eigenvalue weighted by Crippen LogP contribution is 2.57. The van der Waals surface area contributed by atoms with Gasteiger partial charge in [0, 0.05) is 6.42 Å². The minimum atomic E-state index is -0.727. The summed E-state index contributed by atoms with van der Waals surface area (Å²) in [6.45, 7) is 2.21. The zero-order valence-electron chi connectivity index (χ0n) is 19.3. The van der Waals surface area contributed by atoms with E-state index in [1.54, 1.807) is 0 Å². The van der Waals surface area contributed by atoms with Gasteiger partial charge >= 0.3 is 5.97 Å². The van der Waals surface area contributed by atoms with E-state index in [0.29, 0.717) is 30.1 Å². The van der Waals surface area contributed by atoms with Gasteiger partial charge in [0.05, 0.1) is 12.0 Å². The fraction of sp³-hybridized carbons (Fsp3) is 0.815. The zero-order valence-corrected chi connectivity index (χ0v) is 19.3. The summed E-state index contributed by atoms with van der Waals surface area (Å²) >= 11 is 0. The van der Waals surface area contributed by atoms with Crippen LogP contribution in [0.25, 0.3) is 0 Å². The third kappa shape index (κ3) is 6.59. The molecule has 0 aromatic carbocycles. The smallest absolute Gasteiger partial charge is 0.303 e. The van der Waals surface area contributed by atoms with Gasteiger partial charge in [-0.3, -0.25) is 4.79 Å². The highest BCUT2D eigenvalue weighted by molar-refractivity contribution is 5.66. The Labute approximate surface area is 188 Å². The second-order valence-electron chi connectivity index (χ2n) is 10.1. The molecular weight excluding hydrogens is 388 g/mol. The molecule has 3 aliphatic rings. The second-order valence-corrected chi connectivity index (χ2v) is 10.1. The van der Waals surface area contributed by atoms with Crippen LogP contribution in [0.2, 0.25) is 0 Å². The maximum Gasteiger partial charge on any atom is 0.303 e. The van der Waals surface area contributed by atoms with Gasteiger partial charge in [-0.05, 0) is 62.2 Å². The molecule has 2 unspecified atom stereocenters. The summed E-state index contributed by atoms with van der Waals surface area (Å²) in [5.74, 6) is 7.63. The number of aliphatic hydroxyl groups excluding tert-OH is 2. The first-order valence-electron chi connectivity index (χ1n) is 12.8. The molecule has 3 saturated carbocycles. The highest BCUT2D eigenvalue weighted by atomic mass is 16.4. The number of aliphatic carboxylic acids is 1. The number of carboxylic acid groups (broad SMARTS) is 1. The minimum Gasteiger partial charge on any atom is -0.481 e. The van der Waals surface area contributed by atoms with Gasteiger partial charge in [-0.15, -0.1) is 0 Å². The lowest BCUT2D eigenvalue weighted by atomic mass is 9.50. The van der Waals surface area contributed by atoms with Gasteiger partial charge < -0.3 is 15.3 Å². The summed E-state index contributed by atoms with van der Waals surface area (Å²) in [7, 11) is 0. The maximum absolute atomic E-state index is 10.8. The van der Waals surface area contributed by atoms with Crippen molar-refractivity contribution < 1.29 is 20.1 Å². The van der Waals surface area contributed by atoms with Crippen LogP contribution in [0.3, 0.4) is 0 Å². The van der Waals surface area contributed by atoms with Crippen molar-refractivity contribution in [3.8, 4) is 11.8 Å². The molecule has 6 atom stereocenters. The van der Waals surface area contributed by atoms with Crippen LogP contribution in [-0.2, 0) is 4.79 Å². The number of rotatable bonds is 9. The summed E-state index contributed by atoms with van der Waals surface area (Å²) in [5.41, 5.74) is 1.49. The number of unbranched alkanes of at least 4 members (excludes halogenated alkanes) is 2. The average molecular weight is 431 g/mol. The Hall–Kier alpha value is -1.31. The van der Waals surface area contributed by atoms with Gasteiger partial charge in [0.2, 0.25) is 0 Å². The first-order valence-corrected chi connectivity index (χ1v) is 12.8. The normalized spacial score (nSPS) is 33.1. The first kappa shape index (κ1) is 24.3. The van der Waals surface area contributed by atoms with Crippen molar-refractivity contribution in [1.82, 2.24) is 0 Å². The summed E-state index contributed by atoms with van der Waals surface area (Å²) in [6, 6.07) is 0. The van der Waals surface area contributed by atoms with Crippen molar-refractivity contribution in [2.75, 3.05) is 0 Å². The Bertz CT molecular complexity index is 666. The van der Waals surface area contributed by atoms with Gasteiger partial charge in [-0.25, -0.2) is 0 Å². The molecule has 3 fully saturated rings. The van der Waals surface area contributed by atoms with Crippen LogP contribution in [-0.4, -0.2) is 33.5 Å². The fourth-order valence-corrected chi connectivity index (χ4v) is 6.32. The highest BCUT2D eigenvalue weighted by Gasteiger charge is 2.52. The number of carbonyl (C=O) groups is 1. The molecule has 0 aromatic heterocycles. The summed E-state index contributed by atoms with van der Waals surface area (Å²) < 4.78 is 0. The Kier molecular flexibility index (Phi) is 9.48. The summed E-state index contributed by atoms with van der Waals surface area (Å²) in [6.07, 6.45) is 15.4. The topological polar surface area (TPSA) is 77.8 Å². The standard InChI is InChI=1S/C27H42O4/c1-2-3-11-22-21(12-7-8-13-26(30)31)23-16-17-25(29)24(27(22)23)15-14-20(28)18-19-9-5-4-6-10-19/h12,19-20,22-25,27-29H,2-11,13,16-18H2,1H3,(H,30,31)/t20?,22?,23-,24+,25-,27+/m1/s1. The molecule has 0 saturated heterocycles. The number of allylic oxidation sites excluding steroid dienone is 2. The molecule has 0 radical (unpaired) electrons. The van der Waals surface area contributed by atoms with Crippen LogP contribution < -0.4 is 0 Å². The van der Waals surface area contributed by atoms with Crippen LogP contribution in [0, 0.1) is 41.4 Å². The molecular formula is C27H42O4. The van der Waals surface area contributed by atoms with Crippen molar-refractivity contribution in [2.24, 2.45) is 29.6 Å². The van der Waals surface area contributed by atoms with E-state index in [1.165, 1.54) is 44.1 Å². The predicted molar refractivity (Wildman–Crippen MR) is 123 cm³/mol. The Morgan fingerprint density at radius 3 is 2.65 bits per heavy atom. The van der Waals surface area contributed by atoms with Gasteiger partial charge in [-0.2, -0.15) is 0 Å². The number of hydrogen-bond acceptors (Lipinski definition) is 3. The predicted octanol–water partition coefficient (Wildman–Crippen LogP) is 5.33. The molecule has 3 rings (SSSR count). The monoisotopic (exact) mass is 430 g/mol. The van der Waals surface area contributed by atoms with E-state index in [1.807, 2.05) is 0 Å². The number of fused-ring (bicyclic) bond motifs is 1. The molecule has 0 amide bonds. The lowest BCUT2D eigenvalue weighted by Gasteiger charge is -2.55. The molecule has 0 aliphatic heterocycles. The Morgan fingerprint density at radius 2 is 1.94 bits per heavy atom. The van der Waals surface area contributed by atoms with Gasteiger partial charge in [0.25, 0.3) is 0 Å². The molecule has 4 nitrogen and oxygen atoms in total. The van der Waals surface area contributed by atoms with Gasteiger partial charge in [0.1, 0.15) is 6.10 Å². The molecule has 0 heterocycles. The molecule has 3 aliphatic carbocycles. The number of hydrogen-bond donors (Lipinski definition) is 3. The molecule has 4 heteroatoms. The molecule has 174 valence electrons. The van der Waals surface area contributed by atoms with E-state index >= 15 is 0 Å². The van der Waals surface area contributed by atoms with E-state index in [9.17, 15) is 15.0 Å². The number of aliphatic hydroxyl groups is 2. The van der Waals surface area contributed by atoms with E-state index < -0.39 is 18.2 Å². The van der Waals surface area contributed by atoms with Crippen LogP contribution in [0.15, 0.2) is 11.6 Å². The summed E-state index contributed by atoms with van der Waals surface area (Å²) in [5, 5.41) is 30.2. The lowest BCUT2D eigenvalue weighted by Crippen LogP contribution is -2.51. The molecule has 0 bridgehead atoms. The lowest BCUT2D eigenvalue weighted by molar-refractivity contribution is -0.137. The van der Waals surface area contributed by atoms with Crippen LogP contribution in [0.5, 0.6) is 0 Å². The zero-order chi connectivity index (χ0) is 22.2. The third-order valence-corrected chi connectivity index (χ3v) is 7.93. The molecule has 0 aromatic rings. The van der Waals surface area contributed by atoms with Crippen LogP contribution in [0.4, 0.5) is 0 Å². The molecule has 0 spiro atoms. The molecule has 3 N–H and O–H groups in total. The van der Waals surface area contributed by atoms with Crippen molar-refractivity contribution in [3.63, 3.8) is 0 Å². The maximum atomic E-state index is 10.8. The van der Waals surface area contributed by atoms with Crippen LogP contribution >= 0.6 is 0 Å². The fourth-order valence-electron chi connectivity index (χ4n) is 6.32. The van der Waals surface area contributed by atoms with E-state index in [-0.39, 0.29) is 12.3 Å². The quantitative estimate of drug-likeness (QED) is 0.263. The van der Waals surface area contributed by atoms with Crippen molar-refractivity contribution >= 4 is 5.97 Å². The largest absolute Gasteiger partial charge is 0.481 e. The Balaban J connectivity index is 1.65. The van der Waals surface area contributed by atoms with Crippen molar-refractivity contribution in [1.29, 1.82) is 0 Å². The number of carboxylic acids is 1. The van der Waals surface area contributed by atoms with Gasteiger partial charge in [-0.1, -0.05) is 75.4 Å². The average Bonchev–Trinajstić information content (AvgIpc) is 2.74. The Morgan fingerprint density at radius 1 is 1.16 bits per heavy atom. The second kappa shape index (κ2) is 12.1.